The maximum Gasteiger partial charge on any atom is 0.295 e. The standard InChI is InChI=1S/C28H34N6O3S/c1-5-32(6-2)16-22-29-26-24(20-14-10-11-15-21(20)38-26)27(36)33(22)17-23(35)30-25-18(3)31(4)34(28(25)37)19-12-8-7-9-13-19/h7-9,12-13H,5-6,10-11,14-17H2,1-4H3,(H,30,35). The van der Waals surface area contributed by atoms with Gasteiger partial charge in [0.1, 0.15) is 22.9 Å². The van der Waals surface area contributed by atoms with Crippen molar-refractivity contribution in [3.8, 4) is 5.69 Å². The average molecular weight is 535 g/mol. The Balaban J connectivity index is 1.53. The highest BCUT2D eigenvalue weighted by Gasteiger charge is 2.24. The number of aryl methyl sites for hydroxylation is 2. The number of hydrogen-bond acceptors (Lipinski definition) is 6. The predicted molar refractivity (Wildman–Crippen MR) is 152 cm³/mol. The van der Waals surface area contributed by atoms with Crippen molar-refractivity contribution in [1.29, 1.82) is 0 Å². The number of aromatic nitrogens is 4. The lowest BCUT2D eigenvalue weighted by molar-refractivity contribution is -0.116. The van der Waals surface area contributed by atoms with Crippen LogP contribution in [0.1, 0.15) is 48.6 Å². The van der Waals surface area contributed by atoms with Crippen molar-refractivity contribution in [2.75, 3.05) is 18.4 Å². The molecule has 0 spiro atoms. The van der Waals surface area contributed by atoms with Gasteiger partial charge in [-0.05, 0) is 63.4 Å². The predicted octanol–water partition coefficient (Wildman–Crippen LogP) is 3.62. The number of nitrogens with zero attached hydrogens (tertiary/aromatic N) is 5. The number of rotatable bonds is 8. The van der Waals surface area contributed by atoms with E-state index in [1.165, 1.54) is 14.1 Å². The lowest BCUT2D eigenvalue weighted by atomic mass is 9.97. The third kappa shape index (κ3) is 4.63. The van der Waals surface area contributed by atoms with Crippen molar-refractivity contribution >= 4 is 33.1 Å². The molecule has 0 unspecified atom stereocenters. The molecule has 0 bridgehead atoms. The molecular formula is C28H34N6O3S. The zero-order chi connectivity index (χ0) is 27.0. The van der Waals surface area contributed by atoms with Gasteiger partial charge in [0.25, 0.3) is 11.1 Å². The van der Waals surface area contributed by atoms with E-state index in [1.807, 2.05) is 30.3 Å². The van der Waals surface area contributed by atoms with Gasteiger partial charge in [-0.2, -0.15) is 0 Å². The smallest absolute Gasteiger partial charge is 0.295 e. The number of nitrogens with one attached hydrogen (secondary N) is 1. The number of anilines is 1. The second-order valence-corrected chi connectivity index (χ2v) is 10.8. The van der Waals surface area contributed by atoms with Crippen LogP contribution >= 0.6 is 11.3 Å². The number of benzene rings is 1. The molecule has 0 aliphatic heterocycles. The van der Waals surface area contributed by atoms with Crippen LogP contribution in [0.4, 0.5) is 5.69 Å². The Hall–Kier alpha value is -3.50. The maximum absolute atomic E-state index is 13.9. The first kappa shape index (κ1) is 26.1. The van der Waals surface area contributed by atoms with Gasteiger partial charge in [-0.25, -0.2) is 9.67 Å². The lowest BCUT2D eigenvalue weighted by Gasteiger charge is -2.20. The molecule has 3 heterocycles. The molecular weight excluding hydrogens is 500 g/mol. The Morgan fingerprint density at radius 2 is 1.79 bits per heavy atom. The van der Waals surface area contributed by atoms with E-state index in [0.29, 0.717) is 29.1 Å². The Bertz CT molecular complexity index is 1610. The Kier molecular flexibility index (Phi) is 7.36. The van der Waals surface area contributed by atoms with Crippen LogP contribution in [-0.4, -0.2) is 42.8 Å². The van der Waals surface area contributed by atoms with E-state index in [4.69, 9.17) is 4.98 Å². The molecule has 1 aromatic carbocycles. The first-order valence-electron chi connectivity index (χ1n) is 13.2. The summed E-state index contributed by atoms with van der Waals surface area (Å²) in [6.07, 6.45) is 4.03. The van der Waals surface area contributed by atoms with Gasteiger partial charge in [-0.1, -0.05) is 32.0 Å². The van der Waals surface area contributed by atoms with E-state index in [9.17, 15) is 14.4 Å². The number of carbonyl (C=O) groups excluding carboxylic acids is 1. The van der Waals surface area contributed by atoms with Crippen molar-refractivity contribution in [1.82, 2.24) is 23.8 Å². The normalized spacial score (nSPS) is 13.3. The highest BCUT2D eigenvalue weighted by Crippen LogP contribution is 2.34. The Labute approximate surface area is 225 Å². The molecule has 1 aliphatic rings. The quantitative estimate of drug-likeness (QED) is 0.373. The highest BCUT2D eigenvalue weighted by molar-refractivity contribution is 7.18. The highest BCUT2D eigenvalue weighted by atomic mass is 32.1. The molecule has 10 heteroatoms. The number of thiophene rings is 1. The fourth-order valence-electron chi connectivity index (χ4n) is 5.25. The largest absolute Gasteiger partial charge is 0.318 e. The molecule has 0 saturated heterocycles. The minimum absolute atomic E-state index is 0.168. The first-order valence-corrected chi connectivity index (χ1v) is 14.1. The van der Waals surface area contributed by atoms with Crippen molar-refractivity contribution in [2.45, 2.75) is 59.5 Å². The first-order chi connectivity index (χ1) is 18.3. The van der Waals surface area contributed by atoms with Crippen LogP contribution in [0.5, 0.6) is 0 Å². The summed E-state index contributed by atoms with van der Waals surface area (Å²) in [5.41, 5.74) is 2.16. The summed E-state index contributed by atoms with van der Waals surface area (Å²) >= 11 is 1.62. The van der Waals surface area contributed by atoms with Gasteiger partial charge in [0.2, 0.25) is 5.91 Å². The minimum atomic E-state index is -0.427. The number of fused-ring (bicyclic) bond motifs is 3. The van der Waals surface area contributed by atoms with Gasteiger partial charge < -0.3 is 5.32 Å². The van der Waals surface area contributed by atoms with Gasteiger partial charge in [0.05, 0.1) is 23.3 Å². The summed E-state index contributed by atoms with van der Waals surface area (Å²) < 4.78 is 4.75. The van der Waals surface area contributed by atoms with Crippen molar-refractivity contribution in [3.05, 3.63) is 73.0 Å². The number of hydrogen-bond donors (Lipinski definition) is 1. The van der Waals surface area contributed by atoms with Crippen LogP contribution in [-0.2, 0) is 37.8 Å². The van der Waals surface area contributed by atoms with E-state index in [0.717, 1.165) is 49.2 Å². The molecule has 0 atom stereocenters. The van der Waals surface area contributed by atoms with Crippen molar-refractivity contribution in [3.63, 3.8) is 0 Å². The molecule has 3 aromatic heterocycles. The number of carbonyl (C=O) groups is 1. The van der Waals surface area contributed by atoms with Crippen LogP contribution in [0.25, 0.3) is 15.9 Å². The zero-order valence-corrected chi connectivity index (χ0v) is 23.2. The summed E-state index contributed by atoms with van der Waals surface area (Å²) in [5.74, 6) is 0.149. The molecule has 0 fully saturated rings. The number of amides is 1. The van der Waals surface area contributed by atoms with E-state index < -0.39 is 5.91 Å². The van der Waals surface area contributed by atoms with Gasteiger partial charge >= 0.3 is 0 Å². The Morgan fingerprint density at radius 1 is 1.08 bits per heavy atom. The van der Waals surface area contributed by atoms with E-state index in [2.05, 4.69) is 24.1 Å². The summed E-state index contributed by atoms with van der Waals surface area (Å²) in [6.45, 7) is 7.80. The van der Waals surface area contributed by atoms with Crippen molar-refractivity contribution in [2.24, 2.45) is 7.05 Å². The fraction of sp³-hybridized carbons (Fsp3) is 0.429. The molecule has 1 N–H and O–H groups in total. The molecule has 0 radical (unpaired) electrons. The van der Waals surface area contributed by atoms with Crippen LogP contribution in [0.2, 0.25) is 0 Å². The lowest BCUT2D eigenvalue weighted by Crippen LogP contribution is -2.35. The molecule has 200 valence electrons. The molecule has 4 aromatic rings. The van der Waals surface area contributed by atoms with Gasteiger partial charge in [0, 0.05) is 11.9 Å². The molecule has 38 heavy (non-hydrogen) atoms. The van der Waals surface area contributed by atoms with Crippen LogP contribution in [0.15, 0.2) is 39.9 Å². The molecule has 9 nitrogen and oxygen atoms in total. The topological polar surface area (TPSA) is 94.2 Å². The van der Waals surface area contributed by atoms with Gasteiger partial charge in [-0.3, -0.25) is 28.5 Å². The second-order valence-electron chi connectivity index (χ2n) is 9.76. The molecule has 5 rings (SSSR count). The maximum atomic E-state index is 13.9. The van der Waals surface area contributed by atoms with Gasteiger partial charge in [-0.15, -0.1) is 11.3 Å². The monoisotopic (exact) mass is 534 g/mol. The SMILES string of the molecule is CCN(CC)Cc1nc2sc3c(c2c(=O)n1CC(=O)Nc1c(C)n(C)n(-c2ccccc2)c1=O)CCCC3. The third-order valence-electron chi connectivity index (χ3n) is 7.53. The van der Waals surface area contributed by atoms with E-state index in [-0.39, 0.29) is 23.4 Å². The molecule has 0 saturated carbocycles. The molecule has 1 amide bonds. The van der Waals surface area contributed by atoms with Crippen LogP contribution in [0.3, 0.4) is 0 Å². The average Bonchev–Trinajstić information content (AvgIpc) is 3.39. The minimum Gasteiger partial charge on any atom is -0.318 e. The van der Waals surface area contributed by atoms with Gasteiger partial charge in [0.15, 0.2) is 0 Å². The summed E-state index contributed by atoms with van der Waals surface area (Å²) in [6, 6.07) is 9.29. The molecule has 1 aliphatic carbocycles. The second kappa shape index (κ2) is 10.7. The van der Waals surface area contributed by atoms with Crippen LogP contribution in [0, 0.1) is 6.92 Å². The Morgan fingerprint density at radius 3 is 2.50 bits per heavy atom. The fourth-order valence-corrected chi connectivity index (χ4v) is 6.52. The zero-order valence-electron chi connectivity index (χ0n) is 22.4. The summed E-state index contributed by atoms with van der Waals surface area (Å²) in [5, 5.41) is 3.46. The van der Waals surface area contributed by atoms with E-state index >= 15 is 0 Å². The number of para-hydroxylation sites is 1. The third-order valence-corrected chi connectivity index (χ3v) is 8.72. The van der Waals surface area contributed by atoms with Crippen molar-refractivity contribution < 1.29 is 4.79 Å². The van der Waals surface area contributed by atoms with Crippen LogP contribution < -0.4 is 16.4 Å². The summed E-state index contributed by atoms with van der Waals surface area (Å²) in [4.78, 5) is 49.6. The summed E-state index contributed by atoms with van der Waals surface area (Å²) in [7, 11) is 1.78. The van der Waals surface area contributed by atoms with E-state index in [1.54, 1.807) is 30.0 Å².